The van der Waals surface area contributed by atoms with Gasteiger partial charge in [0.2, 0.25) is 0 Å². The van der Waals surface area contributed by atoms with Crippen molar-refractivity contribution in [2.75, 3.05) is 26.4 Å². The standard InChI is InChI=1S/C44H74O12S/c1-3-5-7-9-11-13-15-17-19-20-22-24-26-28-30-32-34-52-36-38(37-53-44-42(48)43(56-57(49,50)51)41(47)39(35-45)55-44)54-40(46)33-31-29-27-25-23-21-18-16-14-12-10-8-6-4-2/h5,7,11,13,16-19,22,24,28,30,38-39,41-45,47-48H,3-4,6,8-10,12,14-15,20-21,23,25-27,29,31-37H2,1-2H3,(H,49,50,51)/b7-5-,13-11-,18-16-,19-17-,24-22-,30-28-. The van der Waals surface area contributed by atoms with Gasteiger partial charge in [-0.1, -0.05) is 132 Å². The molecule has 0 aromatic carbocycles. The molecule has 0 amide bonds. The van der Waals surface area contributed by atoms with Gasteiger partial charge in [0, 0.05) is 6.42 Å². The van der Waals surface area contributed by atoms with Crippen molar-refractivity contribution in [3.8, 4) is 0 Å². The minimum absolute atomic E-state index is 0.0253. The summed E-state index contributed by atoms with van der Waals surface area (Å²) in [5, 5.41) is 30.6. The molecule has 13 heteroatoms. The summed E-state index contributed by atoms with van der Waals surface area (Å²) in [6.45, 7) is 3.60. The van der Waals surface area contributed by atoms with Crippen LogP contribution < -0.4 is 0 Å². The van der Waals surface area contributed by atoms with Gasteiger partial charge in [-0.15, -0.1) is 0 Å². The molecule has 6 atom stereocenters. The summed E-state index contributed by atoms with van der Waals surface area (Å²) in [5.41, 5.74) is 0. The van der Waals surface area contributed by atoms with Crippen LogP contribution in [-0.2, 0) is 38.3 Å². The lowest BCUT2D eigenvalue weighted by Gasteiger charge is -2.41. The SMILES string of the molecule is CC/C=C\C/C=C\C/C=C\C/C=C\C/C=C\CCOCC(COC1OC(CO)C(O)C(OS(=O)(=O)O)C1O)OC(=O)CCCCCCC/C=C\CCCCCCC. The van der Waals surface area contributed by atoms with Gasteiger partial charge in [-0.05, 0) is 70.6 Å². The van der Waals surface area contributed by atoms with Crippen molar-refractivity contribution in [2.45, 2.75) is 173 Å². The van der Waals surface area contributed by atoms with E-state index >= 15 is 0 Å². The molecular formula is C44H74O12S. The molecular weight excluding hydrogens is 753 g/mol. The molecule has 1 heterocycles. The van der Waals surface area contributed by atoms with Crippen molar-refractivity contribution in [3.05, 3.63) is 72.9 Å². The minimum atomic E-state index is -5.07. The molecule has 57 heavy (non-hydrogen) atoms. The Balaban J connectivity index is 2.54. The summed E-state index contributed by atoms with van der Waals surface area (Å²) in [6.07, 6.45) is 35.3. The Morgan fingerprint density at radius 2 is 1.21 bits per heavy atom. The molecule has 12 nitrogen and oxygen atoms in total. The third kappa shape index (κ3) is 29.4. The van der Waals surface area contributed by atoms with Crippen LogP contribution in [-0.4, -0.2) is 97.5 Å². The predicted molar refractivity (Wildman–Crippen MR) is 225 cm³/mol. The zero-order valence-corrected chi connectivity index (χ0v) is 35.4. The van der Waals surface area contributed by atoms with Crippen LogP contribution in [0, 0.1) is 0 Å². The summed E-state index contributed by atoms with van der Waals surface area (Å²) in [7, 11) is -5.07. The van der Waals surface area contributed by atoms with E-state index in [-0.39, 0.29) is 19.6 Å². The van der Waals surface area contributed by atoms with Gasteiger partial charge in [0.1, 0.15) is 30.5 Å². The van der Waals surface area contributed by atoms with Gasteiger partial charge in [-0.3, -0.25) is 9.35 Å². The van der Waals surface area contributed by atoms with Crippen LogP contribution in [0.5, 0.6) is 0 Å². The molecule has 1 rings (SSSR count). The molecule has 0 saturated carbocycles. The quantitative estimate of drug-likeness (QED) is 0.0208. The topological polar surface area (TPSA) is 178 Å². The van der Waals surface area contributed by atoms with Crippen LogP contribution in [0.3, 0.4) is 0 Å². The van der Waals surface area contributed by atoms with Crippen molar-refractivity contribution in [1.82, 2.24) is 0 Å². The number of esters is 1. The molecule has 0 aromatic heterocycles. The average Bonchev–Trinajstić information content (AvgIpc) is 3.18. The Labute approximate surface area is 343 Å². The van der Waals surface area contributed by atoms with E-state index in [0.29, 0.717) is 19.4 Å². The van der Waals surface area contributed by atoms with Gasteiger partial charge >= 0.3 is 16.4 Å². The van der Waals surface area contributed by atoms with E-state index < -0.39 is 59.8 Å². The van der Waals surface area contributed by atoms with Crippen LogP contribution >= 0.6 is 0 Å². The molecule has 0 aliphatic carbocycles. The first-order chi connectivity index (χ1) is 27.6. The van der Waals surface area contributed by atoms with Crippen molar-refractivity contribution in [3.63, 3.8) is 0 Å². The van der Waals surface area contributed by atoms with Gasteiger partial charge in [0.05, 0.1) is 26.4 Å². The average molecular weight is 827 g/mol. The van der Waals surface area contributed by atoms with Crippen molar-refractivity contribution >= 4 is 16.4 Å². The van der Waals surface area contributed by atoms with Gasteiger partial charge in [-0.25, -0.2) is 4.18 Å². The number of aliphatic hydroxyl groups is 3. The van der Waals surface area contributed by atoms with E-state index in [2.05, 4.69) is 78.8 Å². The number of unbranched alkanes of at least 4 members (excludes halogenated alkanes) is 10. The molecule has 0 spiro atoms. The number of allylic oxidation sites excluding steroid dienone is 11. The van der Waals surface area contributed by atoms with Crippen molar-refractivity contribution in [2.24, 2.45) is 0 Å². The third-order valence-corrected chi connectivity index (χ3v) is 9.55. The lowest BCUT2D eigenvalue weighted by atomic mass is 9.99. The normalized spacial score (nSPS) is 21.4. The first-order valence-electron chi connectivity index (χ1n) is 21.2. The number of hydrogen-bond donors (Lipinski definition) is 4. The molecule has 1 saturated heterocycles. The van der Waals surface area contributed by atoms with E-state index in [4.69, 9.17) is 23.5 Å². The van der Waals surface area contributed by atoms with E-state index in [1.807, 2.05) is 12.2 Å². The lowest BCUT2D eigenvalue weighted by molar-refractivity contribution is -0.301. The van der Waals surface area contributed by atoms with Crippen molar-refractivity contribution < 1.29 is 56.2 Å². The van der Waals surface area contributed by atoms with Crippen LogP contribution in [0.15, 0.2) is 72.9 Å². The second-order valence-corrected chi connectivity index (χ2v) is 15.2. The van der Waals surface area contributed by atoms with E-state index in [0.717, 1.165) is 70.6 Å². The number of hydrogen-bond acceptors (Lipinski definition) is 11. The molecule has 0 radical (unpaired) electrons. The highest BCUT2D eigenvalue weighted by atomic mass is 32.3. The highest BCUT2D eigenvalue weighted by Gasteiger charge is 2.48. The maximum Gasteiger partial charge on any atom is 0.397 e. The zero-order valence-electron chi connectivity index (χ0n) is 34.6. The monoisotopic (exact) mass is 826 g/mol. The fourth-order valence-electron chi connectivity index (χ4n) is 5.91. The van der Waals surface area contributed by atoms with Gasteiger partial charge in [0.15, 0.2) is 6.29 Å². The van der Waals surface area contributed by atoms with Gasteiger partial charge in [0.25, 0.3) is 0 Å². The molecule has 328 valence electrons. The van der Waals surface area contributed by atoms with E-state index in [9.17, 15) is 28.5 Å². The Hall–Kier alpha value is -2.46. The first-order valence-corrected chi connectivity index (χ1v) is 22.6. The van der Waals surface area contributed by atoms with E-state index in [1.165, 1.54) is 32.1 Å². The molecule has 1 aliphatic heterocycles. The Bertz CT molecular complexity index is 1280. The summed E-state index contributed by atoms with van der Waals surface area (Å²) in [4.78, 5) is 12.8. The second kappa shape index (κ2) is 35.5. The number of ether oxygens (including phenoxy) is 4. The number of rotatable bonds is 35. The van der Waals surface area contributed by atoms with Crippen LogP contribution in [0.25, 0.3) is 0 Å². The largest absolute Gasteiger partial charge is 0.457 e. The molecule has 0 bridgehead atoms. The molecule has 0 aromatic rings. The molecule has 1 aliphatic rings. The van der Waals surface area contributed by atoms with Crippen molar-refractivity contribution in [1.29, 1.82) is 0 Å². The Morgan fingerprint density at radius 3 is 1.77 bits per heavy atom. The zero-order chi connectivity index (χ0) is 41.8. The van der Waals surface area contributed by atoms with Gasteiger partial charge in [-0.2, -0.15) is 8.42 Å². The smallest absolute Gasteiger partial charge is 0.397 e. The highest BCUT2D eigenvalue weighted by molar-refractivity contribution is 7.80. The lowest BCUT2D eigenvalue weighted by Crippen LogP contribution is -2.60. The fourth-order valence-corrected chi connectivity index (χ4v) is 6.41. The molecule has 6 unspecified atom stereocenters. The number of aliphatic hydroxyl groups excluding tert-OH is 3. The summed E-state index contributed by atoms with van der Waals surface area (Å²) in [6, 6.07) is 0. The fraction of sp³-hybridized carbons (Fsp3) is 0.705. The summed E-state index contributed by atoms with van der Waals surface area (Å²) in [5.74, 6) is -0.437. The van der Waals surface area contributed by atoms with Crippen LogP contribution in [0.4, 0.5) is 0 Å². The van der Waals surface area contributed by atoms with Crippen LogP contribution in [0.1, 0.15) is 136 Å². The maximum absolute atomic E-state index is 12.8. The predicted octanol–water partition coefficient (Wildman–Crippen LogP) is 8.35. The second-order valence-electron chi connectivity index (χ2n) is 14.2. The minimum Gasteiger partial charge on any atom is -0.457 e. The van der Waals surface area contributed by atoms with Gasteiger partial charge < -0.3 is 34.3 Å². The molecule has 1 fully saturated rings. The third-order valence-electron chi connectivity index (χ3n) is 9.08. The van der Waals surface area contributed by atoms with Crippen LogP contribution in [0.2, 0.25) is 0 Å². The highest BCUT2D eigenvalue weighted by Crippen LogP contribution is 2.26. The summed E-state index contributed by atoms with van der Waals surface area (Å²) < 4.78 is 58.8. The molecule has 4 N–H and O–H groups in total. The Kier molecular flexibility index (Phi) is 32.7. The Morgan fingerprint density at radius 1 is 0.684 bits per heavy atom. The first kappa shape index (κ1) is 52.6. The maximum atomic E-state index is 12.8. The number of carbonyl (C=O) groups is 1. The van der Waals surface area contributed by atoms with E-state index in [1.54, 1.807) is 0 Å². The number of carbonyl (C=O) groups excluding carboxylic acids is 1. The summed E-state index contributed by atoms with van der Waals surface area (Å²) >= 11 is 0.